The third-order valence-electron chi connectivity index (χ3n) is 0. The van der Waals surface area contributed by atoms with Gasteiger partial charge in [-0.1, -0.05) is 0 Å². The molecule has 0 saturated heterocycles. The maximum Gasteiger partial charge on any atom is 0.692 e. The minimum atomic E-state index is -2.87. The molecule has 0 saturated carbocycles. The van der Waals surface area contributed by atoms with Crippen LogP contribution in [0.5, 0.6) is 0 Å². The maximum atomic E-state index is 8.70. The van der Waals surface area contributed by atoms with Gasteiger partial charge in [0.2, 0.25) is 0 Å². The summed E-state index contributed by atoms with van der Waals surface area (Å²) < 4.78 is 8.70. The summed E-state index contributed by atoms with van der Waals surface area (Å²) in [6, 6.07) is 0. The standard InChI is InChI=1S/Ce.HO3P/c;1-4(2)3/h;(H-,1,2,3)/p+1. The fraction of sp³-hybridized carbons (Fsp3) is 0. The molecule has 0 fully saturated rings. The van der Waals surface area contributed by atoms with E-state index in [4.69, 9.17) is 14.4 Å². The molecule has 3 nitrogen and oxygen atoms in total. The van der Waals surface area contributed by atoms with Crippen molar-refractivity contribution in [3.05, 3.63) is 0 Å². The summed E-state index contributed by atoms with van der Waals surface area (Å²) in [4.78, 5) is 14.2. The third kappa shape index (κ3) is 31.9. The summed E-state index contributed by atoms with van der Waals surface area (Å²) in [7, 11) is -2.87. The van der Waals surface area contributed by atoms with E-state index in [1.54, 1.807) is 0 Å². The van der Waals surface area contributed by atoms with Crippen LogP contribution in [0, 0.1) is 41.7 Å². The van der Waals surface area contributed by atoms with Crippen LogP contribution in [0.2, 0.25) is 0 Å². The zero-order valence-electron chi connectivity index (χ0n) is 2.25. The normalized spacial score (nSPS) is 5.20. The van der Waals surface area contributed by atoms with Crippen molar-refractivity contribution in [1.82, 2.24) is 0 Å². The molecule has 0 radical (unpaired) electrons. The predicted octanol–water partition coefficient (Wildman–Crippen LogP) is -0.372. The van der Waals surface area contributed by atoms with Gasteiger partial charge in [0.25, 0.3) is 0 Å². The Morgan fingerprint density at radius 2 is 1.40 bits per heavy atom. The van der Waals surface area contributed by atoms with Gasteiger partial charge in [0.15, 0.2) is 0 Å². The first-order valence-electron chi connectivity index (χ1n) is 0.583. The third-order valence-corrected chi connectivity index (χ3v) is 0. The molecule has 0 spiro atoms. The Labute approximate surface area is 63.7 Å². The molecule has 0 bridgehead atoms. The summed E-state index contributed by atoms with van der Waals surface area (Å²) in [5.74, 6) is 0. The second kappa shape index (κ2) is 5.40. The van der Waals surface area contributed by atoms with Crippen molar-refractivity contribution in [2.24, 2.45) is 0 Å². The van der Waals surface area contributed by atoms with Gasteiger partial charge in [-0.2, -0.15) is 0 Å². The first-order chi connectivity index (χ1) is 1.73. The molecule has 0 aromatic rings. The SMILES string of the molecule is O=[P+](O)O.[Ce]. The van der Waals surface area contributed by atoms with Gasteiger partial charge in [0.05, 0.1) is 0 Å². The van der Waals surface area contributed by atoms with E-state index in [0.717, 1.165) is 0 Å². The molecule has 5 heteroatoms. The van der Waals surface area contributed by atoms with Crippen LogP contribution in [0.4, 0.5) is 0 Å². The Balaban J connectivity index is 0. The average molecular weight is 221 g/mol. The second-order valence-electron chi connectivity index (χ2n) is 0.253. The average Bonchev–Trinajstić information content (AvgIpc) is 0.811. The summed E-state index contributed by atoms with van der Waals surface area (Å²) in [5.41, 5.74) is 0. The van der Waals surface area contributed by atoms with E-state index in [0.29, 0.717) is 0 Å². The van der Waals surface area contributed by atoms with Crippen molar-refractivity contribution >= 4 is 8.25 Å². The van der Waals surface area contributed by atoms with Gasteiger partial charge in [-0.15, -0.1) is 9.79 Å². The molecule has 0 aliphatic carbocycles. The Morgan fingerprint density at radius 1 is 1.40 bits per heavy atom. The number of rotatable bonds is 0. The molecular weight excluding hydrogens is 219 g/mol. The van der Waals surface area contributed by atoms with E-state index in [1.165, 1.54) is 0 Å². The maximum absolute atomic E-state index is 8.70. The van der Waals surface area contributed by atoms with Gasteiger partial charge in [-0.3, -0.25) is 0 Å². The smallest absolute Gasteiger partial charge is 0.134 e. The summed E-state index contributed by atoms with van der Waals surface area (Å²) in [6.45, 7) is 0. The molecule has 28 valence electrons. The van der Waals surface area contributed by atoms with Crippen LogP contribution in [-0.2, 0) is 4.57 Å². The van der Waals surface area contributed by atoms with Crippen molar-refractivity contribution in [3.8, 4) is 0 Å². The molecule has 0 heterocycles. The zero-order chi connectivity index (χ0) is 3.58. The first kappa shape index (κ1) is 9.64. The molecule has 0 aliphatic rings. The van der Waals surface area contributed by atoms with Crippen LogP contribution >= 0.6 is 8.25 Å². The Hall–Kier alpha value is 1.40. The Morgan fingerprint density at radius 3 is 1.40 bits per heavy atom. The van der Waals surface area contributed by atoms with Crippen molar-refractivity contribution in [2.75, 3.05) is 0 Å². The van der Waals surface area contributed by atoms with Crippen LogP contribution in [0.25, 0.3) is 0 Å². The van der Waals surface area contributed by atoms with Crippen LogP contribution in [0.1, 0.15) is 0 Å². The molecule has 5 heavy (non-hydrogen) atoms. The minimum absolute atomic E-state index is 0. The molecule has 0 aliphatic heterocycles. The largest absolute Gasteiger partial charge is 0.692 e. The zero-order valence-corrected chi connectivity index (χ0v) is 6.28. The van der Waals surface area contributed by atoms with Gasteiger partial charge >= 0.3 is 8.25 Å². The van der Waals surface area contributed by atoms with Crippen molar-refractivity contribution in [2.45, 2.75) is 0 Å². The van der Waals surface area contributed by atoms with E-state index >= 15 is 0 Å². The summed E-state index contributed by atoms with van der Waals surface area (Å²) in [5, 5.41) is 0. The first-order valence-corrected chi connectivity index (χ1v) is 1.75. The summed E-state index contributed by atoms with van der Waals surface area (Å²) in [6.07, 6.45) is 0. The molecular formula is H2CeO3P+. The number of hydrogen-bond donors (Lipinski definition) is 2. The fourth-order valence-corrected chi connectivity index (χ4v) is 0. The minimum Gasteiger partial charge on any atom is -0.134 e. The van der Waals surface area contributed by atoms with Crippen LogP contribution in [0.3, 0.4) is 0 Å². The quantitative estimate of drug-likeness (QED) is 0.548. The summed E-state index contributed by atoms with van der Waals surface area (Å²) >= 11 is 0. The molecule has 2 N–H and O–H groups in total. The molecule has 0 atom stereocenters. The molecule has 0 amide bonds. The predicted molar refractivity (Wildman–Crippen MR) is 12.0 cm³/mol. The van der Waals surface area contributed by atoms with Crippen LogP contribution < -0.4 is 0 Å². The Bertz CT molecular complexity index is 29.9. The van der Waals surface area contributed by atoms with E-state index in [-0.39, 0.29) is 41.7 Å². The van der Waals surface area contributed by atoms with Crippen molar-refractivity contribution in [3.63, 3.8) is 0 Å². The van der Waals surface area contributed by atoms with Gasteiger partial charge in [0, 0.05) is 46.3 Å². The van der Waals surface area contributed by atoms with E-state index in [9.17, 15) is 0 Å². The van der Waals surface area contributed by atoms with Crippen LogP contribution in [-0.4, -0.2) is 9.79 Å². The fourth-order valence-electron chi connectivity index (χ4n) is 0. The van der Waals surface area contributed by atoms with E-state index in [2.05, 4.69) is 0 Å². The molecule has 0 aromatic heterocycles. The van der Waals surface area contributed by atoms with E-state index in [1.807, 2.05) is 0 Å². The van der Waals surface area contributed by atoms with Gasteiger partial charge < -0.3 is 0 Å². The van der Waals surface area contributed by atoms with Gasteiger partial charge in [0.1, 0.15) is 0 Å². The van der Waals surface area contributed by atoms with Gasteiger partial charge in [-0.05, 0) is 0 Å². The molecule has 0 unspecified atom stereocenters. The van der Waals surface area contributed by atoms with E-state index < -0.39 is 8.25 Å². The van der Waals surface area contributed by atoms with Crippen LogP contribution in [0.15, 0.2) is 0 Å². The monoisotopic (exact) mass is 221 g/mol. The second-order valence-corrected chi connectivity index (χ2v) is 0.758. The van der Waals surface area contributed by atoms with Gasteiger partial charge in [-0.25, -0.2) is 0 Å². The molecule has 0 rings (SSSR count). The van der Waals surface area contributed by atoms with Crippen molar-refractivity contribution in [1.29, 1.82) is 0 Å². The topological polar surface area (TPSA) is 57.5 Å². The number of hydrogen-bond acceptors (Lipinski definition) is 1. The Kier molecular flexibility index (Phi) is 10.4. The van der Waals surface area contributed by atoms with Crippen molar-refractivity contribution < 1.29 is 56.1 Å². The molecule has 0 aromatic carbocycles.